The molecule has 1 saturated heterocycles. The summed E-state index contributed by atoms with van der Waals surface area (Å²) in [6, 6.07) is 13.6. The highest BCUT2D eigenvalue weighted by atomic mass is 16.2. The average Bonchev–Trinajstić information content (AvgIpc) is 3.06. The van der Waals surface area contributed by atoms with Crippen molar-refractivity contribution in [1.29, 1.82) is 5.26 Å². The molecule has 0 bridgehead atoms. The molecule has 1 aliphatic heterocycles. The van der Waals surface area contributed by atoms with Crippen molar-refractivity contribution in [3.63, 3.8) is 0 Å². The van der Waals surface area contributed by atoms with Gasteiger partial charge in [0.15, 0.2) is 0 Å². The van der Waals surface area contributed by atoms with Gasteiger partial charge in [-0.15, -0.1) is 0 Å². The molecule has 0 aromatic heterocycles. The standard InChI is InChI=1S/C17H17N3O/c18-11-13-7-8-16(15-6-2-1-5-14(13)15)19-12-17(21)20-9-3-4-10-20/h1-2,5-8,19H,3-4,9-10,12H2. The largest absolute Gasteiger partial charge is 0.376 e. The van der Waals surface area contributed by atoms with Crippen LogP contribution in [0.2, 0.25) is 0 Å². The van der Waals surface area contributed by atoms with Crippen molar-refractivity contribution < 1.29 is 4.79 Å². The van der Waals surface area contributed by atoms with E-state index in [1.807, 2.05) is 35.2 Å². The number of hydrogen-bond acceptors (Lipinski definition) is 3. The molecule has 1 amide bonds. The number of nitriles is 1. The normalized spacial score (nSPS) is 14.1. The summed E-state index contributed by atoms with van der Waals surface area (Å²) in [5, 5.41) is 14.3. The van der Waals surface area contributed by atoms with Crippen LogP contribution in [0.5, 0.6) is 0 Å². The van der Waals surface area contributed by atoms with Crippen molar-refractivity contribution >= 4 is 22.4 Å². The van der Waals surface area contributed by atoms with Gasteiger partial charge < -0.3 is 10.2 Å². The molecule has 4 nitrogen and oxygen atoms in total. The van der Waals surface area contributed by atoms with Gasteiger partial charge in [-0.1, -0.05) is 24.3 Å². The van der Waals surface area contributed by atoms with Gasteiger partial charge >= 0.3 is 0 Å². The third-order valence-corrected chi connectivity index (χ3v) is 3.93. The van der Waals surface area contributed by atoms with Gasteiger partial charge in [0, 0.05) is 29.5 Å². The van der Waals surface area contributed by atoms with E-state index in [1.165, 1.54) is 0 Å². The zero-order valence-electron chi connectivity index (χ0n) is 11.8. The van der Waals surface area contributed by atoms with Gasteiger partial charge in [-0.05, 0) is 25.0 Å². The van der Waals surface area contributed by atoms with Crippen LogP contribution in [0.3, 0.4) is 0 Å². The van der Waals surface area contributed by atoms with Crippen molar-refractivity contribution in [3.05, 3.63) is 42.0 Å². The first kappa shape index (κ1) is 13.4. The first-order valence-electron chi connectivity index (χ1n) is 7.23. The first-order chi connectivity index (χ1) is 10.3. The Bertz CT molecular complexity index is 712. The molecule has 1 heterocycles. The van der Waals surface area contributed by atoms with Crippen LogP contribution < -0.4 is 5.32 Å². The predicted octanol–water partition coefficient (Wildman–Crippen LogP) is 2.75. The molecule has 1 fully saturated rings. The SMILES string of the molecule is N#Cc1ccc(NCC(=O)N2CCCC2)c2ccccc12. The lowest BCUT2D eigenvalue weighted by Gasteiger charge is -2.17. The van der Waals surface area contributed by atoms with Gasteiger partial charge in [0.25, 0.3) is 0 Å². The van der Waals surface area contributed by atoms with E-state index in [0.29, 0.717) is 12.1 Å². The second-order valence-electron chi connectivity index (χ2n) is 5.26. The Hall–Kier alpha value is -2.54. The van der Waals surface area contributed by atoms with E-state index >= 15 is 0 Å². The summed E-state index contributed by atoms with van der Waals surface area (Å²) in [5.74, 6) is 0.140. The maximum Gasteiger partial charge on any atom is 0.241 e. The van der Waals surface area contributed by atoms with Crippen LogP contribution in [0.4, 0.5) is 5.69 Å². The number of fused-ring (bicyclic) bond motifs is 1. The van der Waals surface area contributed by atoms with Crippen molar-refractivity contribution in [1.82, 2.24) is 4.90 Å². The fourth-order valence-corrected chi connectivity index (χ4v) is 2.80. The molecule has 106 valence electrons. The van der Waals surface area contributed by atoms with E-state index in [1.54, 1.807) is 6.07 Å². The number of nitrogens with one attached hydrogen (secondary N) is 1. The number of amides is 1. The third kappa shape index (κ3) is 2.68. The minimum absolute atomic E-state index is 0.140. The number of nitrogens with zero attached hydrogens (tertiary/aromatic N) is 2. The molecule has 4 heteroatoms. The summed E-state index contributed by atoms with van der Waals surface area (Å²) in [5.41, 5.74) is 1.55. The van der Waals surface area contributed by atoms with Gasteiger partial charge in [0.1, 0.15) is 0 Å². The second-order valence-corrected chi connectivity index (χ2v) is 5.26. The summed E-state index contributed by atoms with van der Waals surface area (Å²) in [6.45, 7) is 2.04. The fraction of sp³-hybridized carbons (Fsp3) is 0.294. The minimum Gasteiger partial charge on any atom is -0.376 e. The van der Waals surface area contributed by atoms with E-state index in [0.717, 1.165) is 42.4 Å². The highest BCUT2D eigenvalue weighted by Crippen LogP contribution is 2.26. The van der Waals surface area contributed by atoms with E-state index in [-0.39, 0.29) is 5.91 Å². The Morgan fingerprint density at radius 3 is 2.57 bits per heavy atom. The van der Waals surface area contributed by atoms with Gasteiger partial charge in [0.05, 0.1) is 18.2 Å². The Morgan fingerprint density at radius 1 is 1.14 bits per heavy atom. The van der Waals surface area contributed by atoms with Gasteiger partial charge in [0.2, 0.25) is 5.91 Å². The summed E-state index contributed by atoms with van der Waals surface area (Å²) >= 11 is 0. The van der Waals surface area contributed by atoms with Crippen molar-refractivity contribution in [2.24, 2.45) is 0 Å². The van der Waals surface area contributed by atoms with Gasteiger partial charge in [-0.2, -0.15) is 5.26 Å². The van der Waals surface area contributed by atoms with Gasteiger partial charge in [-0.3, -0.25) is 4.79 Å². The molecule has 0 aliphatic carbocycles. The molecule has 3 rings (SSSR count). The van der Waals surface area contributed by atoms with Crippen LogP contribution in [0.1, 0.15) is 18.4 Å². The summed E-state index contributed by atoms with van der Waals surface area (Å²) in [6.07, 6.45) is 2.21. The number of carbonyl (C=O) groups is 1. The van der Waals surface area contributed by atoms with Crippen LogP contribution >= 0.6 is 0 Å². The van der Waals surface area contributed by atoms with E-state index < -0.39 is 0 Å². The maximum absolute atomic E-state index is 12.1. The highest BCUT2D eigenvalue weighted by molar-refractivity contribution is 5.98. The number of rotatable bonds is 3. The van der Waals surface area contributed by atoms with Crippen molar-refractivity contribution in [2.45, 2.75) is 12.8 Å². The molecule has 2 aromatic carbocycles. The Labute approximate surface area is 124 Å². The maximum atomic E-state index is 12.1. The van der Waals surface area contributed by atoms with Crippen molar-refractivity contribution in [3.8, 4) is 6.07 Å². The van der Waals surface area contributed by atoms with Crippen molar-refractivity contribution in [2.75, 3.05) is 25.0 Å². The Kier molecular flexibility index (Phi) is 3.74. The second kappa shape index (κ2) is 5.84. The highest BCUT2D eigenvalue weighted by Gasteiger charge is 2.17. The quantitative estimate of drug-likeness (QED) is 0.940. The molecule has 1 N–H and O–H groups in total. The van der Waals surface area contributed by atoms with Crippen LogP contribution in [0.25, 0.3) is 10.8 Å². The smallest absolute Gasteiger partial charge is 0.241 e. The molecule has 0 spiro atoms. The van der Waals surface area contributed by atoms with E-state index in [9.17, 15) is 4.79 Å². The topological polar surface area (TPSA) is 56.1 Å². The van der Waals surface area contributed by atoms with E-state index in [4.69, 9.17) is 5.26 Å². The lowest BCUT2D eigenvalue weighted by Crippen LogP contribution is -2.33. The van der Waals surface area contributed by atoms with E-state index in [2.05, 4.69) is 11.4 Å². The number of anilines is 1. The lowest BCUT2D eigenvalue weighted by molar-refractivity contribution is -0.128. The Morgan fingerprint density at radius 2 is 1.86 bits per heavy atom. The van der Waals surface area contributed by atoms with Crippen LogP contribution in [-0.4, -0.2) is 30.4 Å². The monoisotopic (exact) mass is 279 g/mol. The van der Waals surface area contributed by atoms with Crippen LogP contribution in [0, 0.1) is 11.3 Å². The zero-order valence-corrected chi connectivity index (χ0v) is 11.8. The minimum atomic E-state index is 0.140. The molecular formula is C17H17N3O. The molecule has 0 atom stereocenters. The molecule has 2 aromatic rings. The third-order valence-electron chi connectivity index (χ3n) is 3.93. The summed E-state index contributed by atoms with van der Waals surface area (Å²) in [7, 11) is 0. The number of hydrogen-bond donors (Lipinski definition) is 1. The first-order valence-corrected chi connectivity index (χ1v) is 7.23. The molecule has 0 saturated carbocycles. The van der Waals surface area contributed by atoms with Gasteiger partial charge in [-0.25, -0.2) is 0 Å². The molecule has 21 heavy (non-hydrogen) atoms. The Balaban J connectivity index is 1.81. The summed E-state index contributed by atoms with van der Waals surface area (Å²) < 4.78 is 0. The number of likely N-dealkylation sites (tertiary alicyclic amines) is 1. The average molecular weight is 279 g/mol. The number of carbonyl (C=O) groups excluding carboxylic acids is 1. The molecular weight excluding hydrogens is 262 g/mol. The fourth-order valence-electron chi connectivity index (χ4n) is 2.80. The molecule has 0 radical (unpaired) electrons. The van der Waals surface area contributed by atoms with Crippen LogP contribution in [0.15, 0.2) is 36.4 Å². The predicted molar refractivity (Wildman–Crippen MR) is 83.0 cm³/mol. The summed E-state index contributed by atoms with van der Waals surface area (Å²) in [4.78, 5) is 14.0. The number of benzene rings is 2. The van der Waals surface area contributed by atoms with Crippen LogP contribution in [-0.2, 0) is 4.79 Å². The molecule has 1 aliphatic rings. The lowest BCUT2D eigenvalue weighted by atomic mass is 10.0. The molecule has 0 unspecified atom stereocenters. The zero-order chi connectivity index (χ0) is 14.7.